The molecule has 1 unspecified atom stereocenters. The van der Waals surface area contributed by atoms with Crippen LogP contribution >= 0.6 is 0 Å². The van der Waals surface area contributed by atoms with E-state index in [-0.39, 0.29) is 30.0 Å². The van der Waals surface area contributed by atoms with Crippen LogP contribution in [0.5, 0.6) is 5.75 Å². The first-order chi connectivity index (χ1) is 15.0. The predicted molar refractivity (Wildman–Crippen MR) is 116 cm³/mol. The maximum Gasteiger partial charge on any atom is 0.246 e. The van der Waals surface area contributed by atoms with E-state index >= 15 is 0 Å². The summed E-state index contributed by atoms with van der Waals surface area (Å²) in [5, 5.41) is 1.06. The number of nitrogens with zero attached hydrogens (tertiary/aromatic N) is 1. The first kappa shape index (κ1) is 20.8. The van der Waals surface area contributed by atoms with Crippen molar-refractivity contribution in [3.8, 4) is 5.75 Å². The van der Waals surface area contributed by atoms with Gasteiger partial charge in [0.2, 0.25) is 5.91 Å². The lowest BCUT2D eigenvalue weighted by atomic mass is 10.1. The number of para-hydroxylation sites is 1. The molecule has 7 heteroatoms. The summed E-state index contributed by atoms with van der Waals surface area (Å²) < 4.78 is 25.2. The van der Waals surface area contributed by atoms with Gasteiger partial charge in [-0.2, -0.15) is 0 Å². The Hall–Kier alpha value is -3.45. The Kier molecular flexibility index (Phi) is 6.13. The summed E-state index contributed by atoms with van der Waals surface area (Å²) >= 11 is 0. The molecular formula is C24H23FN2O4. The molecule has 0 bridgehead atoms. The number of halogens is 1. The number of hydrogen-bond donors (Lipinski definition) is 1. The summed E-state index contributed by atoms with van der Waals surface area (Å²) in [5.41, 5.74) is 2.00. The highest BCUT2D eigenvalue weighted by Gasteiger charge is 2.24. The van der Waals surface area contributed by atoms with E-state index in [9.17, 15) is 14.0 Å². The Bertz CT molecular complexity index is 1140. The van der Waals surface area contributed by atoms with Crippen LogP contribution in [0, 0.1) is 5.82 Å². The lowest BCUT2D eigenvalue weighted by Gasteiger charge is -2.32. The summed E-state index contributed by atoms with van der Waals surface area (Å²) in [4.78, 5) is 28.9. The van der Waals surface area contributed by atoms with Crippen LogP contribution in [0.3, 0.4) is 0 Å². The monoisotopic (exact) mass is 422 g/mol. The van der Waals surface area contributed by atoms with Gasteiger partial charge in [0.1, 0.15) is 24.3 Å². The Morgan fingerprint density at radius 2 is 2.13 bits per heavy atom. The van der Waals surface area contributed by atoms with E-state index in [0.29, 0.717) is 25.4 Å². The van der Waals surface area contributed by atoms with Crippen molar-refractivity contribution in [2.75, 3.05) is 26.3 Å². The van der Waals surface area contributed by atoms with Gasteiger partial charge >= 0.3 is 0 Å². The quantitative estimate of drug-likeness (QED) is 0.484. The number of aromatic amines is 1. The van der Waals surface area contributed by atoms with Crippen LogP contribution in [-0.4, -0.2) is 54.0 Å². The highest BCUT2D eigenvalue weighted by molar-refractivity contribution is 5.96. The number of aromatic nitrogens is 1. The zero-order valence-corrected chi connectivity index (χ0v) is 17.1. The fourth-order valence-corrected chi connectivity index (χ4v) is 3.58. The molecule has 0 radical (unpaired) electrons. The predicted octanol–water partition coefficient (Wildman–Crippen LogP) is 3.83. The molecule has 160 valence electrons. The third kappa shape index (κ3) is 4.83. The van der Waals surface area contributed by atoms with Crippen LogP contribution in [0.25, 0.3) is 17.0 Å². The molecule has 1 aliphatic rings. The minimum Gasteiger partial charge on any atom is -0.491 e. The molecule has 3 aromatic rings. The van der Waals surface area contributed by atoms with Gasteiger partial charge < -0.3 is 19.4 Å². The van der Waals surface area contributed by atoms with Crippen molar-refractivity contribution in [1.82, 2.24) is 9.88 Å². The van der Waals surface area contributed by atoms with Crippen LogP contribution in [-0.2, 0) is 9.53 Å². The van der Waals surface area contributed by atoms with E-state index in [2.05, 4.69) is 4.98 Å². The molecule has 0 saturated carbocycles. The van der Waals surface area contributed by atoms with Crippen molar-refractivity contribution >= 4 is 28.7 Å². The average Bonchev–Trinajstić information content (AvgIpc) is 3.19. The van der Waals surface area contributed by atoms with Gasteiger partial charge in [0.05, 0.1) is 18.7 Å². The van der Waals surface area contributed by atoms with Gasteiger partial charge in [-0.15, -0.1) is 0 Å². The number of nitrogens with one attached hydrogen (secondary N) is 1. The highest BCUT2D eigenvalue weighted by atomic mass is 19.1. The maximum absolute atomic E-state index is 13.9. The zero-order chi connectivity index (χ0) is 21.8. The number of carbonyl (C=O) groups is 2. The minimum absolute atomic E-state index is 0.0278. The molecule has 1 aromatic heterocycles. The lowest BCUT2D eigenvalue weighted by Crippen LogP contribution is -2.47. The van der Waals surface area contributed by atoms with Crippen molar-refractivity contribution in [2.24, 2.45) is 0 Å². The van der Waals surface area contributed by atoms with Crippen molar-refractivity contribution in [3.05, 3.63) is 71.7 Å². The van der Waals surface area contributed by atoms with Crippen LogP contribution in [0.2, 0.25) is 0 Å². The maximum atomic E-state index is 13.9. The number of ketones is 1. The Morgan fingerprint density at radius 3 is 2.94 bits per heavy atom. The van der Waals surface area contributed by atoms with Gasteiger partial charge in [-0.05, 0) is 36.8 Å². The number of Topliss-reactive ketones (excluding diaryl/α,β-unsaturated/α-hetero) is 1. The van der Waals surface area contributed by atoms with Crippen molar-refractivity contribution in [1.29, 1.82) is 0 Å². The fourth-order valence-electron chi connectivity index (χ4n) is 3.58. The molecule has 1 saturated heterocycles. The van der Waals surface area contributed by atoms with Gasteiger partial charge in [-0.3, -0.25) is 9.59 Å². The lowest BCUT2D eigenvalue weighted by molar-refractivity contribution is -0.134. The van der Waals surface area contributed by atoms with Crippen LogP contribution in [0.4, 0.5) is 4.39 Å². The van der Waals surface area contributed by atoms with Crippen molar-refractivity contribution in [3.63, 3.8) is 0 Å². The number of benzene rings is 2. The van der Waals surface area contributed by atoms with Crippen LogP contribution in [0.15, 0.2) is 54.7 Å². The van der Waals surface area contributed by atoms with E-state index in [1.165, 1.54) is 19.1 Å². The largest absolute Gasteiger partial charge is 0.491 e. The van der Waals surface area contributed by atoms with Gasteiger partial charge in [0, 0.05) is 35.8 Å². The second kappa shape index (κ2) is 9.14. The van der Waals surface area contributed by atoms with E-state index in [4.69, 9.17) is 9.47 Å². The first-order valence-corrected chi connectivity index (χ1v) is 10.1. The molecular weight excluding hydrogens is 399 g/mol. The molecule has 1 fully saturated rings. The number of fused-ring (bicyclic) bond motifs is 1. The summed E-state index contributed by atoms with van der Waals surface area (Å²) in [6, 6.07) is 12.0. The van der Waals surface area contributed by atoms with Gasteiger partial charge in [-0.1, -0.05) is 18.2 Å². The molecule has 1 N–H and O–H groups in total. The molecule has 1 amide bonds. The molecule has 1 aliphatic heterocycles. The summed E-state index contributed by atoms with van der Waals surface area (Å²) in [6.07, 6.45) is 4.92. The summed E-state index contributed by atoms with van der Waals surface area (Å²) in [7, 11) is 0. The standard InChI is InChI=1S/C24H23FN2O4/c1-16(28)20-8-7-18(12-22(20)25)31-15-19-14-27(10-11-30-19)24(29)9-6-17-13-26-23-5-3-2-4-21(17)23/h2-9,12-13,19,26H,10-11,14-15H2,1H3/b9-6+. The molecule has 2 heterocycles. The number of morpholine rings is 1. The van der Waals surface area contributed by atoms with E-state index in [1.807, 2.05) is 36.5 Å². The van der Waals surface area contributed by atoms with Crippen LogP contribution < -0.4 is 4.74 Å². The second-order valence-electron chi connectivity index (χ2n) is 7.41. The number of amides is 1. The summed E-state index contributed by atoms with van der Waals surface area (Å²) in [5.74, 6) is -0.743. The number of carbonyl (C=O) groups excluding carboxylic acids is 2. The molecule has 6 nitrogen and oxygen atoms in total. The molecule has 1 atom stereocenters. The normalized spacial score (nSPS) is 16.7. The Labute approximate surface area is 179 Å². The molecule has 0 aliphatic carbocycles. The number of rotatable bonds is 6. The second-order valence-corrected chi connectivity index (χ2v) is 7.41. The fraction of sp³-hybridized carbons (Fsp3) is 0.250. The van der Waals surface area contributed by atoms with E-state index < -0.39 is 5.82 Å². The van der Waals surface area contributed by atoms with Crippen molar-refractivity contribution in [2.45, 2.75) is 13.0 Å². The topological polar surface area (TPSA) is 71.6 Å². The number of hydrogen-bond acceptors (Lipinski definition) is 4. The van der Waals surface area contributed by atoms with E-state index in [1.54, 1.807) is 17.0 Å². The molecule has 4 rings (SSSR count). The SMILES string of the molecule is CC(=O)c1ccc(OCC2CN(C(=O)/C=C/c3c[nH]c4ccccc34)CCO2)cc1F. The highest BCUT2D eigenvalue weighted by Crippen LogP contribution is 2.20. The van der Waals surface area contributed by atoms with Crippen LogP contribution in [0.1, 0.15) is 22.8 Å². The number of ether oxygens (including phenoxy) is 2. The average molecular weight is 422 g/mol. The van der Waals surface area contributed by atoms with Gasteiger partial charge in [-0.25, -0.2) is 4.39 Å². The molecule has 2 aromatic carbocycles. The van der Waals surface area contributed by atoms with Crippen molar-refractivity contribution < 1.29 is 23.5 Å². The smallest absolute Gasteiger partial charge is 0.246 e. The first-order valence-electron chi connectivity index (χ1n) is 10.1. The number of H-pyrrole nitrogens is 1. The van der Waals surface area contributed by atoms with Gasteiger partial charge in [0.25, 0.3) is 0 Å². The third-order valence-corrected chi connectivity index (χ3v) is 5.23. The zero-order valence-electron chi connectivity index (χ0n) is 17.1. The Balaban J connectivity index is 1.34. The summed E-state index contributed by atoms with van der Waals surface area (Å²) in [6.45, 7) is 2.76. The molecule has 0 spiro atoms. The minimum atomic E-state index is -0.617. The Morgan fingerprint density at radius 1 is 1.29 bits per heavy atom. The third-order valence-electron chi connectivity index (χ3n) is 5.23. The molecule has 31 heavy (non-hydrogen) atoms. The van der Waals surface area contributed by atoms with E-state index in [0.717, 1.165) is 16.5 Å². The van der Waals surface area contributed by atoms with Gasteiger partial charge in [0.15, 0.2) is 5.78 Å².